The Bertz CT molecular complexity index is 1300. The number of aromatic nitrogens is 2. The van der Waals surface area contributed by atoms with Gasteiger partial charge in [-0.2, -0.15) is 5.10 Å². The van der Waals surface area contributed by atoms with E-state index < -0.39 is 23.2 Å². The van der Waals surface area contributed by atoms with Crippen molar-refractivity contribution in [1.29, 1.82) is 0 Å². The number of aromatic amines is 1. The number of rotatable bonds is 4. The predicted molar refractivity (Wildman–Crippen MR) is 119 cm³/mol. The SMILES string of the molecule is Cc1ccc(-c2c(Cl)cn[nH]c2=O)cc1NC(=O)C1=CNC(=O)C[C@H]1c1ccc(F)cc1. The maximum absolute atomic E-state index is 13.3. The van der Waals surface area contributed by atoms with Crippen LogP contribution < -0.4 is 16.2 Å². The van der Waals surface area contributed by atoms with E-state index in [9.17, 15) is 18.8 Å². The van der Waals surface area contributed by atoms with Gasteiger partial charge in [0.05, 0.1) is 16.8 Å². The van der Waals surface area contributed by atoms with Crippen LogP contribution in [0.2, 0.25) is 5.02 Å². The van der Waals surface area contributed by atoms with Crippen LogP contribution in [-0.2, 0) is 9.59 Å². The van der Waals surface area contributed by atoms with E-state index in [0.717, 1.165) is 5.56 Å². The first kappa shape index (κ1) is 21.5. The van der Waals surface area contributed by atoms with Crippen LogP contribution in [-0.4, -0.2) is 22.0 Å². The molecule has 4 rings (SSSR count). The fraction of sp³-hybridized carbons (Fsp3) is 0.130. The molecule has 2 aromatic carbocycles. The molecule has 1 aliphatic rings. The van der Waals surface area contributed by atoms with Crippen LogP contribution in [0.15, 0.2) is 65.2 Å². The van der Waals surface area contributed by atoms with E-state index >= 15 is 0 Å². The lowest BCUT2D eigenvalue weighted by Gasteiger charge is -2.24. The van der Waals surface area contributed by atoms with Gasteiger partial charge in [0.2, 0.25) is 5.91 Å². The van der Waals surface area contributed by atoms with Gasteiger partial charge < -0.3 is 10.6 Å². The monoisotopic (exact) mass is 452 g/mol. The molecule has 162 valence electrons. The summed E-state index contributed by atoms with van der Waals surface area (Å²) in [6.45, 7) is 1.81. The van der Waals surface area contributed by atoms with Crippen LogP contribution >= 0.6 is 11.6 Å². The highest BCUT2D eigenvalue weighted by Crippen LogP contribution is 2.32. The fourth-order valence-corrected chi connectivity index (χ4v) is 3.83. The highest BCUT2D eigenvalue weighted by atomic mass is 35.5. The van der Waals surface area contributed by atoms with Gasteiger partial charge in [0, 0.05) is 29.8 Å². The highest BCUT2D eigenvalue weighted by Gasteiger charge is 2.29. The molecule has 1 aliphatic heterocycles. The molecule has 0 unspecified atom stereocenters. The van der Waals surface area contributed by atoms with Crippen LogP contribution in [0.3, 0.4) is 0 Å². The number of H-pyrrole nitrogens is 1. The highest BCUT2D eigenvalue weighted by molar-refractivity contribution is 6.33. The molecule has 3 aromatic rings. The van der Waals surface area contributed by atoms with Gasteiger partial charge in [0.15, 0.2) is 0 Å². The second kappa shape index (κ2) is 8.76. The molecular formula is C23H18ClFN4O3. The van der Waals surface area contributed by atoms with Crippen LogP contribution in [0.1, 0.15) is 23.5 Å². The zero-order valence-electron chi connectivity index (χ0n) is 16.9. The standard InChI is InChI=1S/C23H18ClFN4O3/c1-12-2-3-14(21-18(24)11-27-29-23(21)32)8-19(12)28-22(31)17-10-26-20(30)9-16(17)13-4-6-15(25)7-5-13/h2-8,10-11,16H,9H2,1H3,(H,26,30)(H,28,31)(H,29,32)/t16-/m0/s1. The number of hydrogen-bond acceptors (Lipinski definition) is 4. The lowest BCUT2D eigenvalue weighted by atomic mass is 9.86. The number of halogens is 2. The molecular weight excluding hydrogens is 435 g/mol. The molecule has 0 saturated heterocycles. The lowest BCUT2D eigenvalue weighted by Crippen LogP contribution is -2.32. The van der Waals surface area contributed by atoms with E-state index in [2.05, 4.69) is 20.8 Å². The third-order valence-electron chi connectivity index (χ3n) is 5.27. The average molecular weight is 453 g/mol. The van der Waals surface area contributed by atoms with Crippen LogP contribution in [0, 0.1) is 12.7 Å². The number of nitrogens with zero attached hydrogens (tertiary/aromatic N) is 1. The molecule has 2 amide bonds. The van der Waals surface area contributed by atoms with Gasteiger partial charge in [-0.1, -0.05) is 35.9 Å². The van der Waals surface area contributed by atoms with Gasteiger partial charge in [0.1, 0.15) is 5.82 Å². The topological polar surface area (TPSA) is 104 Å². The van der Waals surface area contributed by atoms with Gasteiger partial charge in [-0.15, -0.1) is 0 Å². The molecule has 0 saturated carbocycles. The Morgan fingerprint density at radius 2 is 1.94 bits per heavy atom. The van der Waals surface area contributed by atoms with Gasteiger partial charge >= 0.3 is 0 Å². The quantitative estimate of drug-likeness (QED) is 0.562. The molecule has 3 N–H and O–H groups in total. The Hall–Kier alpha value is -3.78. The van der Waals surface area contributed by atoms with Gasteiger partial charge in [-0.05, 0) is 41.8 Å². The van der Waals surface area contributed by atoms with Gasteiger partial charge in [-0.25, -0.2) is 9.49 Å². The molecule has 2 heterocycles. The second-order valence-electron chi connectivity index (χ2n) is 7.38. The van der Waals surface area contributed by atoms with Crippen LogP contribution in [0.4, 0.5) is 10.1 Å². The average Bonchev–Trinajstić information content (AvgIpc) is 2.76. The zero-order valence-corrected chi connectivity index (χ0v) is 17.7. The van der Waals surface area contributed by atoms with Gasteiger partial charge in [-0.3, -0.25) is 14.4 Å². The number of carbonyl (C=O) groups is 2. The Morgan fingerprint density at radius 1 is 1.19 bits per heavy atom. The minimum absolute atomic E-state index is 0.0614. The number of amides is 2. The van der Waals surface area contributed by atoms with Crippen molar-refractivity contribution in [1.82, 2.24) is 15.5 Å². The van der Waals surface area contributed by atoms with Crippen molar-refractivity contribution >= 4 is 29.1 Å². The minimum atomic E-state index is -0.523. The molecule has 32 heavy (non-hydrogen) atoms. The van der Waals surface area contributed by atoms with E-state index in [1.807, 2.05) is 6.92 Å². The van der Waals surface area contributed by atoms with E-state index in [1.54, 1.807) is 30.3 Å². The second-order valence-corrected chi connectivity index (χ2v) is 7.79. The van der Waals surface area contributed by atoms with Gasteiger partial charge in [0.25, 0.3) is 11.5 Å². The van der Waals surface area contributed by atoms with E-state index in [0.29, 0.717) is 22.4 Å². The Balaban J connectivity index is 1.66. The summed E-state index contributed by atoms with van der Waals surface area (Å²) in [4.78, 5) is 37.3. The van der Waals surface area contributed by atoms with Crippen molar-refractivity contribution < 1.29 is 14.0 Å². The maximum atomic E-state index is 13.3. The summed E-state index contributed by atoms with van der Waals surface area (Å²) in [5.41, 5.74) is 2.54. The van der Waals surface area contributed by atoms with Crippen molar-refractivity contribution in [2.45, 2.75) is 19.3 Å². The molecule has 0 bridgehead atoms. The van der Waals surface area contributed by atoms with E-state index in [1.165, 1.54) is 24.5 Å². The van der Waals surface area contributed by atoms with Crippen molar-refractivity contribution in [3.63, 3.8) is 0 Å². The first-order chi connectivity index (χ1) is 15.3. The largest absolute Gasteiger partial charge is 0.332 e. The summed E-state index contributed by atoms with van der Waals surface area (Å²) in [7, 11) is 0. The summed E-state index contributed by atoms with van der Waals surface area (Å²) in [6.07, 6.45) is 2.77. The molecule has 0 radical (unpaired) electrons. The zero-order chi connectivity index (χ0) is 22.8. The Morgan fingerprint density at radius 3 is 2.66 bits per heavy atom. The normalized spacial score (nSPS) is 15.7. The van der Waals surface area contributed by atoms with Crippen molar-refractivity contribution in [3.05, 3.63) is 92.8 Å². The van der Waals surface area contributed by atoms with Crippen LogP contribution in [0.25, 0.3) is 11.1 Å². The molecule has 9 heteroatoms. The number of hydrogen-bond donors (Lipinski definition) is 3. The van der Waals surface area contributed by atoms with Crippen LogP contribution in [0.5, 0.6) is 0 Å². The summed E-state index contributed by atoms with van der Waals surface area (Å²) in [6, 6.07) is 10.8. The smallest absolute Gasteiger partial charge is 0.273 e. The fourth-order valence-electron chi connectivity index (χ4n) is 3.58. The number of aryl methyl sites for hydroxylation is 1. The van der Waals surface area contributed by atoms with Crippen molar-refractivity contribution in [3.8, 4) is 11.1 Å². The maximum Gasteiger partial charge on any atom is 0.273 e. The summed E-state index contributed by atoms with van der Waals surface area (Å²) in [5, 5.41) is 11.6. The molecule has 1 atom stereocenters. The van der Waals surface area contributed by atoms with Crippen molar-refractivity contribution in [2.24, 2.45) is 0 Å². The molecule has 0 aliphatic carbocycles. The first-order valence-electron chi connectivity index (χ1n) is 9.74. The summed E-state index contributed by atoms with van der Waals surface area (Å²) < 4.78 is 13.3. The minimum Gasteiger partial charge on any atom is -0.332 e. The molecule has 0 spiro atoms. The number of carbonyl (C=O) groups excluding carboxylic acids is 2. The molecule has 0 fully saturated rings. The third kappa shape index (κ3) is 4.31. The number of anilines is 1. The molecule has 1 aromatic heterocycles. The predicted octanol–water partition coefficient (Wildman–Crippen LogP) is 3.66. The van der Waals surface area contributed by atoms with E-state index in [4.69, 9.17) is 11.6 Å². The van der Waals surface area contributed by atoms with Crippen molar-refractivity contribution in [2.75, 3.05) is 5.32 Å². The number of benzene rings is 2. The third-order valence-corrected chi connectivity index (χ3v) is 5.56. The summed E-state index contributed by atoms with van der Waals surface area (Å²) >= 11 is 6.15. The van der Waals surface area contributed by atoms with E-state index in [-0.39, 0.29) is 22.9 Å². The molecule has 7 nitrogen and oxygen atoms in total. The number of nitrogens with one attached hydrogen (secondary N) is 3. The lowest BCUT2D eigenvalue weighted by molar-refractivity contribution is -0.121. The summed E-state index contributed by atoms with van der Waals surface area (Å²) in [5.74, 6) is -1.58. The Labute approximate surface area is 187 Å². The first-order valence-corrected chi connectivity index (χ1v) is 10.1. The Kier molecular flexibility index (Phi) is 5.87.